The highest BCUT2D eigenvalue weighted by Gasteiger charge is 2.45. The van der Waals surface area contributed by atoms with E-state index in [1.807, 2.05) is 34.6 Å². The molecule has 1 aliphatic rings. The molecule has 18 heavy (non-hydrogen) atoms. The number of allylic oxidation sites excluding steroid dienone is 1. The molecule has 0 aromatic heterocycles. The van der Waals surface area contributed by atoms with E-state index >= 15 is 0 Å². The molecule has 5 nitrogen and oxygen atoms in total. The van der Waals surface area contributed by atoms with Crippen molar-refractivity contribution in [2.45, 2.75) is 65.3 Å². The second-order valence-electron chi connectivity index (χ2n) is 5.73. The van der Waals surface area contributed by atoms with Gasteiger partial charge >= 0.3 is 5.97 Å². The van der Waals surface area contributed by atoms with Crippen molar-refractivity contribution in [1.29, 1.82) is 0 Å². The zero-order chi connectivity index (χ0) is 14.1. The van der Waals surface area contributed by atoms with Crippen LogP contribution in [-0.4, -0.2) is 28.4 Å². The number of ether oxygens (including phenoxy) is 1. The van der Waals surface area contributed by atoms with Crippen LogP contribution in [0.15, 0.2) is 11.4 Å². The van der Waals surface area contributed by atoms with Gasteiger partial charge in [0.05, 0.1) is 11.8 Å². The van der Waals surface area contributed by atoms with E-state index in [0.29, 0.717) is 12.1 Å². The molecule has 2 atom stereocenters. The maximum absolute atomic E-state index is 12.3. The smallest absolute Gasteiger partial charge is 0.353 e. The van der Waals surface area contributed by atoms with Gasteiger partial charge in [0.2, 0.25) is 5.66 Å². The average Bonchev–Trinajstić information content (AvgIpc) is 2.54. The van der Waals surface area contributed by atoms with E-state index in [2.05, 4.69) is 10.6 Å². The Bertz CT molecular complexity index is 369. The van der Waals surface area contributed by atoms with Crippen molar-refractivity contribution in [3.8, 4) is 0 Å². The Morgan fingerprint density at radius 1 is 1.44 bits per heavy atom. The Labute approximate surface area is 109 Å². The fourth-order valence-electron chi connectivity index (χ4n) is 1.95. The SMILES string of the molecule is CCC1(C(=O)OC(C)(C)C)NC(C)=C(C(C)O)N1. The Balaban J connectivity index is 2.90. The summed E-state index contributed by atoms with van der Waals surface area (Å²) in [7, 11) is 0. The summed E-state index contributed by atoms with van der Waals surface area (Å²) in [6.45, 7) is 10.9. The van der Waals surface area contributed by atoms with E-state index in [1.54, 1.807) is 6.92 Å². The van der Waals surface area contributed by atoms with E-state index < -0.39 is 17.4 Å². The number of aliphatic hydroxyl groups excluding tert-OH is 1. The topological polar surface area (TPSA) is 70.6 Å². The van der Waals surface area contributed by atoms with Gasteiger partial charge < -0.3 is 20.5 Å². The summed E-state index contributed by atoms with van der Waals surface area (Å²) in [6, 6.07) is 0. The van der Waals surface area contributed by atoms with Crippen LogP contribution in [0.3, 0.4) is 0 Å². The van der Waals surface area contributed by atoms with E-state index in [-0.39, 0.29) is 5.97 Å². The second kappa shape index (κ2) is 4.80. The normalized spacial score (nSPS) is 25.5. The largest absolute Gasteiger partial charge is 0.457 e. The third kappa shape index (κ3) is 2.96. The summed E-state index contributed by atoms with van der Waals surface area (Å²) in [4.78, 5) is 12.3. The molecule has 5 heteroatoms. The number of nitrogens with one attached hydrogen (secondary N) is 2. The summed E-state index contributed by atoms with van der Waals surface area (Å²) >= 11 is 0. The van der Waals surface area contributed by atoms with Crippen molar-refractivity contribution < 1.29 is 14.6 Å². The van der Waals surface area contributed by atoms with Crippen LogP contribution in [0.5, 0.6) is 0 Å². The lowest BCUT2D eigenvalue weighted by molar-refractivity contribution is -0.164. The van der Waals surface area contributed by atoms with Crippen LogP contribution < -0.4 is 10.6 Å². The van der Waals surface area contributed by atoms with Crippen LogP contribution in [0.4, 0.5) is 0 Å². The maximum Gasteiger partial charge on any atom is 0.353 e. The van der Waals surface area contributed by atoms with Crippen LogP contribution in [0.1, 0.15) is 48.0 Å². The fourth-order valence-corrected chi connectivity index (χ4v) is 1.95. The number of aliphatic hydroxyl groups is 1. The monoisotopic (exact) mass is 256 g/mol. The van der Waals surface area contributed by atoms with E-state index in [0.717, 1.165) is 5.70 Å². The Hall–Kier alpha value is -1.23. The molecule has 1 heterocycles. The Kier molecular flexibility index (Phi) is 3.96. The fraction of sp³-hybridized carbons (Fsp3) is 0.769. The van der Waals surface area contributed by atoms with Gasteiger partial charge in [-0.05, 0) is 41.0 Å². The highest BCUT2D eigenvalue weighted by Crippen LogP contribution is 2.25. The van der Waals surface area contributed by atoms with Crippen molar-refractivity contribution in [1.82, 2.24) is 10.6 Å². The molecule has 0 spiro atoms. The molecule has 1 aliphatic heterocycles. The van der Waals surface area contributed by atoms with Gasteiger partial charge in [-0.1, -0.05) is 6.92 Å². The molecule has 104 valence electrons. The summed E-state index contributed by atoms with van der Waals surface area (Å²) in [6.07, 6.45) is -0.122. The van der Waals surface area contributed by atoms with E-state index in [4.69, 9.17) is 4.74 Å². The number of hydrogen-bond acceptors (Lipinski definition) is 5. The summed E-state index contributed by atoms with van der Waals surface area (Å²) in [5.41, 5.74) is -0.0891. The first-order chi connectivity index (χ1) is 8.11. The molecular formula is C13H24N2O3. The first kappa shape index (κ1) is 14.8. The molecule has 0 amide bonds. The molecule has 0 radical (unpaired) electrons. The third-order valence-corrected chi connectivity index (χ3v) is 2.85. The molecule has 0 saturated heterocycles. The van der Waals surface area contributed by atoms with E-state index in [9.17, 15) is 9.90 Å². The number of hydrogen-bond donors (Lipinski definition) is 3. The van der Waals surface area contributed by atoms with Gasteiger partial charge in [-0.25, -0.2) is 4.79 Å². The predicted molar refractivity (Wildman–Crippen MR) is 69.5 cm³/mol. The van der Waals surface area contributed by atoms with Crippen LogP contribution in [0.25, 0.3) is 0 Å². The van der Waals surface area contributed by atoms with Gasteiger partial charge in [0.15, 0.2) is 0 Å². The predicted octanol–water partition coefficient (Wildman–Crippen LogP) is 1.24. The lowest BCUT2D eigenvalue weighted by Crippen LogP contribution is -2.58. The van der Waals surface area contributed by atoms with Crippen molar-refractivity contribution in [3.05, 3.63) is 11.4 Å². The van der Waals surface area contributed by atoms with Gasteiger partial charge in [-0.15, -0.1) is 0 Å². The zero-order valence-electron chi connectivity index (χ0n) is 12.0. The van der Waals surface area contributed by atoms with E-state index in [1.165, 1.54) is 0 Å². The van der Waals surface area contributed by atoms with Crippen molar-refractivity contribution in [3.63, 3.8) is 0 Å². The first-order valence-electron chi connectivity index (χ1n) is 6.30. The molecule has 0 aromatic rings. The first-order valence-corrected chi connectivity index (χ1v) is 6.30. The number of esters is 1. The highest BCUT2D eigenvalue weighted by atomic mass is 16.6. The molecule has 3 N–H and O–H groups in total. The summed E-state index contributed by atoms with van der Waals surface area (Å²) in [5, 5.41) is 15.8. The minimum Gasteiger partial charge on any atom is -0.457 e. The molecule has 0 bridgehead atoms. The minimum absolute atomic E-state index is 0.354. The second-order valence-corrected chi connectivity index (χ2v) is 5.73. The number of carbonyl (C=O) groups is 1. The van der Waals surface area contributed by atoms with Gasteiger partial charge in [-0.3, -0.25) is 0 Å². The third-order valence-electron chi connectivity index (χ3n) is 2.85. The summed E-state index contributed by atoms with van der Waals surface area (Å²) < 4.78 is 5.42. The van der Waals surface area contributed by atoms with Crippen molar-refractivity contribution in [2.75, 3.05) is 0 Å². The molecular weight excluding hydrogens is 232 g/mol. The van der Waals surface area contributed by atoms with Gasteiger partial charge in [0.25, 0.3) is 0 Å². The zero-order valence-corrected chi connectivity index (χ0v) is 12.0. The molecule has 0 fully saturated rings. The number of rotatable bonds is 3. The minimum atomic E-state index is -0.969. The standard InChI is InChI=1S/C13H24N2O3/c1-7-13(11(17)18-12(4,5)6)14-8(2)10(15-13)9(3)16/h9,14-16H,7H2,1-6H3. The van der Waals surface area contributed by atoms with Crippen LogP contribution >= 0.6 is 0 Å². The average molecular weight is 256 g/mol. The van der Waals surface area contributed by atoms with Gasteiger partial charge in [0, 0.05) is 5.70 Å². The molecule has 0 saturated carbocycles. The molecule has 2 unspecified atom stereocenters. The Morgan fingerprint density at radius 3 is 2.33 bits per heavy atom. The maximum atomic E-state index is 12.3. The van der Waals surface area contributed by atoms with Crippen molar-refractivity contribution >= 4 is 5.97 Å². The lowest BCUT2D eigenvalue weighted by Gasteiger charge is -2.32. The molecule has 1 rings (SSSR count). The van der Waals surface area contributed by atoms with Crippen LogP contribution in [0, 0.1) is 0 Å². The van der Waals surface area contributed by atoms with Crippen LogP contribution in [-0.2, 0) is 9.53 Å². The van der Waals surface area contributed by atoms with Gasteiger partial charge in [0.1, 0.15) is 5.60 Å². The van der Waals surface area contributed by atoms with Crippen molar-refractivity contribution in [2.24, 2.45) is 0 Å². The number of carbonyl (C=O) groups excluding carboxylic acids is 1. The highest BCUT2D eigenvalue weighted by molar-refractivity contribution is 5.82. The lowest BCUT2D eigenvalue weighted by atomic mass is 10.1. The van der Waals surface area contributed by atoms with Crippen LogP contribution in [0.2, 0.25) is 0 Å². The van der Waals surface area contributed by atoms with Gasteiger partial charge in [-0.2, -0.15) is 0 Å². The quantitative estimate of drug-likeness (QED) is 0.663. The molecule has 0 aliphatic carbocycles. The molecule has 0 aromatic carbocycles. The summed E-state index contributed by atoms with van der Waals surface area (Å²) in [5.74, 6) is -0.354. The Morgan fingerprint density at radius 2 is 2.00 bits per heavy atom.